The first kappa shape index (κ1) is 22.2. The molecule has 0 saturated carbocycles. The van der Waals surface area contributed by atoms with Gasteiger partial charge in [0.05, 0.1) is 6.04 Å². The summed E-state index contributed by atoms with van der Waals surface area (Å²) in [7, 11) is 0. The topological polar surface area (TPSA) is 41.6 Å². The maximum atomic E-state index is 12.9. The van der Waals surface area contributed by atoms with Crippen LogP contribution in [0.1, 0.15) is 62.8 Å². The number of hydrogen-bond acceptors (Lipinski definition) is 3. The molecule has 1 aliphatic heterocycles. The van der Waals surface area contributed by atoms with E-state index < -0.39 is 6.10 Å². The third kappa shape index (κ3) is 5.35. The summed E-state index contributed by atoms with van der Waals surface area (Å²) in [5, 5.41) is 3.13. The number of rotatable bonds is 7. The zero-order valence-corrected chi connectivity index (χ0v) is 19.1. The van der Waals surface area contributed by atoms with Crippen LogP contribution in [0.5, 0.6) is 5.75 Å². The lowest BCUT2D eigenvalue weighted by molar-refractivity contribution is -0.128. The molecule has 0 aromatic heterocycles. The van der Waals surface area contributed by atoms with Gasteiger partial charge in [-0.2, -0.15) is 0 Å². The predicted octanol–water partition coefficient (Wildman–Crippen LogP) is 5.57. The Balaban J connectivity index is 1.61. The molecule has 0 unspecified atom stereocenters. The Hall–Kier alpha value is -2.49. The van der Waals surface area contributed by atoms with Crippen molar-refractivity contribution in [3.8, 4) is 5.75 Å². The lowest BCUT2D eigenvalue weighted by Crippen LogP contribution is -2.39. The molecule has 30 heavy (non-hydrogen) atoms. The minimum Gasteiger partial charge on any atom is -0.480 e. The van der Waals surface area contributed by atoms with Gasteiger partial charge in [-0.15, -0.1) is 0 Å². The van der Waals surface area contributed by atoms with E-state index in [4.69, 9.17) is 4.74 Å². The van der Waals surface area contributed by atoms with E-state index in [2.05, 4.69) is 54.4 Å². The van der Waals surface area contributed by atoms with Crippen molar-refractivity contribution < 1.29 is 9.53 Å². The maximum absolute atomic E-state index is 12.9. The van der Waals surface area contributed by atoms with Crippen LogP contribution in [0.15, 0.2) is 42.5 Å². The minimum absolute atomic E-state index is 0.0666. The summed E-state index contributed by atoms with van der Waals surface area (Å²) in [6.45, 7) is 12.7. The molecule has 1 heterocycles. The Kier molecular flexibility index (Phi) is 7.41. The van der Waals surface area contributed by atoms with Crippen LogP contribution in [-0.4, -0.2) is 25.1 Å². The van der Waals surface area contributed by atoms with E-state index in [0.29, 0.717) is 6.42 Å². The third-order valence-electron chi connectivity index (χ3n) is 6.26. The van der Waals surface area contributed by atoms with Crippen molar-refractivity contribution in [3.05, 3.63) is 59.2 Å². The summed E-state index contributed by atoms with van der Waals surface area (Å²) in [5.41, 5.74) is 4.63. The van der Waals surface area contributed by atoms with Gasteiger partial charge in [0.15, 0.2) is 6.10 Å². The van der Waals surface area contributed by atoms with Gasteiger partial charge in [0.2, 0.25) is 0 Å². The molecule has 0 aliphatic carbocycles. The van der Waals surface area contributed by atoms with Gasteiger partial charge < -0.3 is 15.0 Å². The van der Waals surface area contributed by atoms with Crippen LogP contribution < -0.4 is 15.0 Å². The number of benzene rings is 2. The molecule has 1 N–H and O–H groups in total. The van der Waals surface area contributed by atoms with E-state index >= 15 is 0 Å². The molecule has 1 fully saturated rings. The summed E-state index contributed by atoms with van der Waals surface area (Å²) in [6, 6.07) is 14.5. The van der Waals surface area contributed by atoms with Gasteiger partial charge in [-0.25, -0.2) is 0 Å². The molecule has 2 aromatic carbocycles. The molecule has 162 valence electrons. The smallest absolute Gasteiger partial charge is 0.261 e. The highest BCUT2D eigenvalue weighted by Crippen LogP contribution is 2.25. The van der Waals surface area contributed by atoms with Crippen LogP contribution in [0.2, 0.25) is 0 Å². The van der Waals surface area contributed by atoms with Gasteiger partial charge >= 0.3 is 0 Å². The monoisotopic (exact) mass is 408 g/mol. The van der Waals surface area contributed by atoms with Crippen molar-refractivity contribution in [2.45, 2.75) is 66.0 Å². The van der Waals surface area contributed by atoms with Crippen LogP contribution >= 0.6 is 0 Å². The van der Waals surface area contributed by atoms with Crippen LogP contribution in [-0.2, 0) is 4.79 Å². The largest absolute Gasteiger partial charge is 0.480 e. The maximum Gasteiger partial charge on any atom is 0.261 e. The SMILES string of the molecule is CC[C@H](Oc1cccc(C)c1C)C(=O)N[C@H](C)c1ccc(N2CCC[C@H](C)C2)cc1. The summed E-state index contributed by atoms with van der Waals surface area (Å²) in [5.74, 6) is 1.46. The standard InChI is InChI=1S/C26H36N2O2/c1-6-24(30-25-11-7-10-19(3)20(25)4)26(29)27-21(5)22-12-14-23(15-13-22)28-16-8-9-18(2)17-28/h7,10-15,18,21,24H,6,8-9,16-17H2,1-5H3,(H,27,29)/t18-,21+,24-/m0/s1. The van der Waals surface area contributed by atoms with E-state index in [-0.39, 0.29) is 11.9 Å². The van der Waals surface area contributed by atoms with Crippen LogP contribution in [0, 0.1) is 19.8 Å². The second-order valence-electron chi connectivity index (χ2n) is 8.73. The first-order valence-corrected chi connectivity index (χ1v) is 11.3. The number of piperidine rings is 1. The quantitative estimate of drug-likeness (QED) is 0.651. The van der Waals surface area contributed by atoms with Crippen LogP contribution in [0.3, 0.4) is 0 Å². The highest BCUT2D eigenvalue weighted by atomic mass is 16.5. The number of nitrogens with zero attached hydrogens (tertiary/aromatic N) is 1. The number of carbonyl (C=O) groups excluding carboxylic acids is 1. The fraction of sp³-hybridized carbons (Fsp3) is 0.500. The molecular weight excluding hydrogens is 372 g/mol. The number of anilines is 1. The fourth-order valence-electron chi connectivity index (χ4n) is 4.11. The van der Waals surface area contributed by atoms with E-state index in [1.807, 2.05) is 32.9 Å². The molecule has 0 spiro atoms. The first-order valence-electron chi connectivity index (χ1n) is 11.3. The average molecular weight is 409 g/mol. The van der Waals surface area contributed by atoms with Crippen molar-refractivity contribution in [2.24, 2.45) is 5.92 Å². The van der Waals surface area contributed by atoms with Gasteiger partial charge in [-0.1, -0.05) is 38.1 Å². The molecule has 4 nitrogen and oxygen atoms in total. The van der Waals surface area contributed by atoms with Crippen molar-refractivity contribution >= 4 is 11.6 Å². The lowest BCUT2D eigenvalue weighted by Gasteiger charge is -2.33. The zero-order chi connectivity index (χ0) is 21.7. The lowest BCUT2D eigenvalue weighted by atomic mass is 9.99. The Labute approximate surface area is 181 Å². The van der Waals surface area contributed by atoms with Gasteiger partial charge in [0, 0.05) is 18.8 Å². The number of nitrogens with one attached hydrogen (secondary N) is 1. The number of ether oxygens (including phenoxy) is 1. The first-order chi connectivity index (χ1) is 14.4. The predicted molar refractivity (Wildman–Crippen MR) is 124 cm³/mol. The molecule has 3 rings (SSSR count). The van der Waals surface area contributed by atoms with Gasteiger partial charge in [-0.05, 0) is 80.8 Å². The fourth-order valence-corrected chi connectivity index (χ4v) is 4.11. The Morgan fingerprint density at radius 3 is 2.60 bits per heavy atom. The number of aryl methyl sites for hydroxylation is 1. The molecular formula is C26H36N2O2. The van der Waals surface area contributed by atoms with Crippen LogP contribution in [0.25, 0.3) is 0 Å². The van der Waals surface area contributed by atoms with Gasteiger partial charge in [0.25, 0.3) is 5.91 Å². The van der Waals surface area contributed by atoms with Crippen molar-refractivity contribution in [1.29, 1.82) is 0 Å². The normalized spacial score (nSPS) is 18.6. The molecule has 1 saturated heterocycles. The average Bonchev–Trinajstić information content (AvgIpc) is 2.74. The third-order valence-corrected chi connectivity index (χ3v) is 6.26. The Morgan fingerprint density at radius 1 is 1.20 bits per heavy atom. The molecule has 0 bridgehead atoms. The molecule has 0 radical (unpaired) electrons. The van der Waals surface area contributed by atoms with Crippen molar-refractivity contribution in [3.63, 3.8) is 0 Å². The van der Waals surface area contributed by atoms with E-state index in [1.54, 1.807) is 0 Å². The van der Waals surface area contributed by atoms with E-state index in [9.17, 15) is 4.79 Å². The second-order valence-corrected chi connectivity index (χ2v) is 8.73. The van der Waals surface area contributed by atoms with E-state index in [0.717, 1.165) is 35.9 Å². The summed E-state index contributed by atoms with van der Waals surface area (Å²) >= 11 is 0. The number of amides is 1. The highest BCUT2D eigenvalue weighted by molar-refractivity contribution is 5.81. The summed E-state index contributed by atoms with van der Waals surface area (Å²) in [6.07, 6.45) is 2.70. The van der Waals surface area contributed by atoms with Crippen LogP contribution in [0.4, 0.5) is 5.69 Å². The molecule has 2 aromatic rings. The zero-order valence-electron chi connectivity index (χ0n) is 19.1. The summed E-state index contributed by atoms with van der Waals surface area (Å²) < 4.78 is 6.06. The van der Waals surface area contributed by atoms with Crippen molar-refractivity contribution in [2.75, 3.05) is 18.0 Å². The minimum atomic E-state index is -0.498. The van der Waals surface area contributed by atoms with E-state index in [1.165, 1.54) is 24.1 Å². The second kappa shape index (κ2) is 10.0. The Bertz CT molecular complexity index is 847. The Morgan fingerprint density at radius 2 is 1.93 bits per heavy atom. The highest BCUT2D eigenvalue weighted by Gasteiger charge is 2.22. The molecule has 1 amide bonds. The number of hydrogen-bond donors (Lipinski definition) is 1. The molecule has 4 heteroatoms. The van der Waals surface area contributed by atoms with Gasteiger partial charge in [-0.3, -0.25) is 4.79 Å². The van der Waals surface area contributed by atoms with Crippen molar-refractivity contribution in [1.82, 2.24) is 5.32 Å². The molecule has 1 aliphatic rings. The number of carbonyl (C=O) groups is 1. The molecule has 3 atom stereocenters. The summed E-state index contributed by atoms with van der Waals surface area (Å²) in [4.78, 5) is 15.3. The van der Waals surface area contributed by atoms with Gasteiger partial charge in [0.1, 0.15) is 5.75 Å².